The third-order valence-corrected chi connectivity index (χ3v) is 7.23. The second-order valence-electron chi connectivity index (χ2n) is 6.40. The number of benzene rings is 1. The van der Waals surface area contributed by atoms with E-state index in [-0.39, 0.29) is 16.6 Å². The average Bonchev–Trinajstić information content (AvgIpc) is 3.32. The summed E-state index contributed by atoms with van der Waals surface area (Å²) >= 11 is 1.27. The molecule has 1 fully saturated rings. The number of aromatic nitrogens is 3. The van der Waals surface area contributed by atoms with Crippen LogP contribution in [-0.4, -0.2) is 52.2 Å². The Hall–Kier alpha value is -2.17. The molecule has 0 radical (unpaired) electrons. The van der Waals surface area contributed by atoms with Gasteiger partial charge in [-0.15, -0.1) is 16.8 Å². The summed E-state index contributed by atoms with van der Waals surface area (Å²) in [5.74, 6) is 0.646. The Kier molecular flexibility index (Phi) is 6.53. The number of anilines is 1. The van der Waals surface area contributed by atoms with Crippen molar-refractivity contribution in [3.05, 3.63) is 42.7 Å². The van der Waals surface area contributed by atoms with E-state index in [0.717, 1.165) is 18.7 Å². The number of nitrogens with one attached hydrogen (secondary N) is 1. The summed E-state index contributed by atoms with van der Waals surface area (Å²) in [6.45, 7) is 7.20. The normalized spacial score (nSPS) is 14.9. The zero-order valence-electron chi connectivity index (χ0n) is 15.7. The minimum Gasteiger partial charge on any atom is -0.325 e. The van der Waals surface area contributed by atoms with Crippen LogP contribution in [0.25, 0.3) is 0 Å². The maximum Gasteiger partial charge on any atom is 0.243 e. The Morgan fingerprint density at radius 1 is 1.32 bits per heavy atom. The molecule has 2 heterocycles. The Morgan fingerprint density at radius 2 is 2.07 bits per heavy atom. The predicted molar refractivity (Wildman–Crippen MR) is 109 cm³/mol. The van der Waals surface area contributed by atoms with Gasteiger partial charge in [-0.2, -0.15) is 4.31 Å². The lowest BCUT2D eigenvalue weighted by Gasteiger charge is -2.16. The summed E-state index contributed by atoms with van der Waals surface area (Å²) in [4.78, 5) is 12.5. The topological polar surface area (TPSA) is 97.2 Å². The van der Waals surface area contributed by atoms with Crippen LogP contribution in [0.5, 0.6) is 0 Å². The average molecular weight is 422 g/mol. The number of rotatable bonds is 8. The van der Waals surface area contributed by atoms with Gasteiger partial charge in [0.25, 0.3) is 0 Å². The summed E-state index contributed by atoms with van der Waals surface area (Å²) in [7, 11) is -3.52. The molecule has 1 aliphatic heterocycles. The van der Waals surface area contributed by atoms with Crippen molar-refractivity contribution < 1.29 is 13.2 Å². The highest BCUT2D eigenvalue weighted by Crippen LogP contribution is 2.23. The van der Waals surface area contributed by atoms with E-state index in [1.165, 1.54) is 22.1 Å². The highest BCUT2D eigenvalue weighted by molar-refractivity contribution is 7.99. The Balaban J connectivity index is 1.64. The maximum atomic E-state index is 12.7. The highest BCUT2D eigenvalue weighted by atomic mass is 32.2. The summed E-state index contributed by atoms with van der Waals surface area (Å²) in [6.07, 6.45) is 3.50. The molecule has 10 heteroatoms. The number of carbonyl (C=O) groups excluding carboxylic acids is 1. The van der Waals surface area contributed by atoms with Gasteiger partial charge in [0.05, 0.1) is 10.6 Å². The van der Waals surface area contributed by atoms with E-state index in [2.05, 4.69) is 22.1 Å². The molecular weight excluding hydrogens is 398 g/mol. The van der Waals surface area contributed by atoms with Crippen LogP contribution < -0.4 is 5.32 Å². The Morgan fingerprint density at radius 3 is 2.79 bits per heavy atom. The predicted octanol–water partition coefficient (Wildman–Crippen LogP) is 2.29. The third kappa shape index (κ3) is 4.62. The molecule has 0 unspecified atom stereocenters. The molecule has 1 N–H and O–H groups in total. The highest BCUT2D eigenvalue weighted by Gasteiger charge is 2.27. The molecule has 1 aromatic carbocycles. The van der Waals surface area contributed by atoms with E-state index in [1.807, 2.05) is 11.5 Å². The van der Waals surface area contributed by atoms with Gasteiger partial charge >= 0.3 is 0 Å². The molecule has 8 nitrogen and oxygen atoms in total. The van der Waals surface area contributed by atoms with Gasteiger partial charge in [-0.1, -0.05) is 23.9 Å². The van der Waals surface area contributed by atoms with Crippen molar-refractivity contribution >= 4 is 33.4 Å². The van der Waals surface area contributed by atoms with Gasteiger partial charge in [0.1, 0.15) is 5.82 Å². The number of nitrogens with zero attached hydrogens (tertiary/aromatic N) is 4. The van der Waals surface area contributed by atoms with Crippen LogP contribution in [0, 0.1) is 6.92 Å². The van der Waals surface area contributed by atoms with Crippen LogP contribution in [0.2, 0.25) is 0 Å². The van der Waals surface area contributed by atoms with Crippen molar-refractivity contribution in [1.29, 1.82) is 0 Å². The molecule has 1 aromatic heterocycles. The first-order valence-electron chi connectivity index (χ1n) is 8.95. The Labute approximate surface area is 169 Å². The fraction of sp³-hybridized carbons (Fsp3) is 0.389. The third-order valence-electron chi connectivity index (χ3n) is 4.37. The van der Waals surface area contributed by atoms with E-state index in [0.29, 0.717) is 30.5 Å². The molecule has 0 atom stereocenters. The summed E-state index contributed by atoms with van der Waals surface area (Å²) in [5.41, 5.74) is 0.453. The van der Waals surface area contributed by atoms with Crippen molar-refractivity contribution in [2.75, 3.05) is 24.2 Å². The van der Waals surface area contributed by atoms with Crippen LogP contribution >= 0.6 is 11.8 Å². The van der Waals surface area contributed by atoms with Crippen LogP contribution in [0.15, 0.2) is 47.0 Å². The number of sulfonamides is 1. The largest absolute Gasteiger partial charge is 0.325 e. The van der Waals surface area contributed by atoms with E-state index >= 15 is 0 Å². The molecular formula is C18H23N5O3S2. The molecule has 1 aliphatic rings. The van der Waals surface area contributed by atoms with Crippen molar-refractivity contribution in [2.24, 2.45) is 0 Å². The second-order valence-corrected chi connectivity index (χ2v) is 9.29. The summed E-state index contributed by atoms with van der Waals surface area (Å²) < 4.78 is 28.7. The van der Waals surface area contributed by atoms with E-state index in [1.54, 1.807) is 24.3 Å². The monoisotopic (exact) mass is 421 g/mol. The van der Waals surface area contributed by atoms with Gasteiger partial charge in [0, 0.05) is 25.3 Å². The quantitative estimate of drug-likeness (QED) is 0.519. The smallest absolute Gasteiger partial charge is 0.243 e. The fourth-order valence-corrected chi connectivity index (χ4v) is 5.30. The molecule has 0 aliphatic carbocycles. The fourth-order valence-electron chi connectivity index (χ4n) is 2.95. The second kappa shape index (κ2) is 8.89. The lowest BCUT2D eigenvalue weighted by Crippen LogP contribution is -2.28. The minimum atomic E-state index is -3.52. The first-order chi connectivity index (χ1) is 13.4. The molecule has 28 heavy (non-hydrogen) atoms. The SMILES string of the molecule is C=CCn1c(C)nnc1SCC(=O)Nc1cccc(S(=O)(=O)N2CCCC2)c1. The Bertz CT molecular complexity index is 965. The summed E-state index contributed by atoms with van der Waals surface area (Å²) in [6, 6.07) is 6.37. The maximum absolute atomic E-state index is 12.7. The van der Waals surface area contributed by atoms with Gasteiger partial charge < -0.3 is 9.88 Å². The molecule has 2 aromatic rings. The van der Waals surface area contributed by atoms with Crippen LogP contribution in [-0.2, 0) is 21.4 Å². The lowest BCUT2D eigenvalue weighted by molar-refractivity contribution is -0.113. The number of amides is 1. The number of thioether (sulfide) groups is 1. The number of carbonyl (C=O) groups is 1. The van der Waals surface area contributed by atoms with Gasteiger partial charge in [-0.05, 0) is 38.0 Å². The standard InChI is InChI=1S/C18H23N5O3S2/c1-3-9-23-14(2)20-21-18(23)27-13-17(24)19-15-7-6-8-16(12-15)28(25,26)22-10-4-5-11-22/h3,6-8,12H,1,4-5,9-11,13H2,2H3,(H,19,24). The first kappa shape index (κ1) is 20.6. The van der Waals surface area contributed by atoms with Crippen molar-refractivity contribution in [3.63, 3.8) is 0 Å². The van der Waals surface area contributed by atoms with Crippen LogP contribution in [0.3, 0.4) is 0 Å². The van der Waals surface area contributed by atoms with Gasteiger partial charge in [-0.3, -0.25) is 4.79 Å². The van der Waals surface area contributed by atoms with E-state index in [4.69, 9.17) is 0 Å². The number of hydrogen-bond donors (Lipinski definition) is 1. The molecule has 3 rings (SSSR count). The van der Waals surface area contributed by atoms with Crippen LogP contribution in [0.4, 0.5) is 5.69 Å². The molecule has 150 valence electrons. The van der Waals surface area contributed by atoms with Gasteiger partial charge in [0.2, 0.25) is 15.9 Å². The number of allylic oxidation sites excluding steroid dienone is 1. The van der Waals surface area contributed by atoms with Crippen molar-refractivity contribution in [3.8, 4) is 0 Å². The van der Waals surface area contributed by atoms with Gasteiger partial charge in [-0.25, -0.2) is 8.42 Å². The van der Waals surface area contributed by atoms with E-state index < -0.39 is 10.0 Å². The first-order valence-corrected chi connectivity index (χ1v) is 11.4. The molecule has 0 saturated carbocycles. The minimum absolute atomic E-state index is 0.137. The number of aryl methyl sites for hydroxylation is 1. The zero-order valence-corrected chi connectivity index (χ0v) is 17.3. The lowest BCUT2D eigenvalue weighted by atomic mass is 10.3. The van der Waals surface area contributed by atoms with Gasteiger partial charge in [0.15, 0.2) is 5.16 Å². The molecule has 0 spiro atoms. The molecule has 1 amide bonds. The summed E-state index contributed by atoms with van der Waals surface area (Å²) in [5, 5.41) is 11.5. The van der Waals surface area contributed by atoms with E-state index in [9.17, 15) is 13.2 Å². The van der Waals surface area contributed by atoms with Crippen molar-refractivity contribution in [1.82, 2.24) is 19.1 Å². The molecule has 0 bridgehead atoms. The number of hydrogen-bond acceptors (Lipinski definition) is 6. The van der Waals surface area contributed by atoms with Crippen molar-refractivity contribution in [2.45, 2.75) is 36.4 Å². The zero-order chi connectivity index (χ0) is 20.1. The van der Waals surface area contributed by atoms with Crippen LogP contribution in [0.1, 0.15) is 18.7 Å². The molecule has 1 saturated heterocycles.